The van der Waals surface area contributed by atoms with Crippen molar-refractivity contribution < 1.29 is 0 Å². The van der Waals surface area contributed by atoms with Gasteiger partial charge in [0.15, 0.2) is 17.5 Å². The van der Waals surface area contributed by atoms with Gasteiger partial charge in [0.25, 0.3) is 0 Å². The predicted octanol–water partition coefficient (Wildman–Crippen LogP) is 13.7. The van der Waals surface area contributed by atoms with Crippen molar-refractivity contribution >= 4 is 53.9 Å². The Morgan fingerprint density at radius 2 is 1.29 bits per heavy atom. The fraction of sp³-hybridized carbons (Fsp3) is 0.0962. The van der Waals surface area contributed by atoms with Crippen LogP contribution in [0.5, 0.6) is 0 Å². The van der Waals surface area contributed by atoms with Crippen molar-refractivity contribution in [1.29, 1.82) is 0 Å². The van der Waals surface area contributed by atoms with Gasteiger partial charge in [0.05, 0.1) is 0 Å². The molecule has 3 aliphatic rings. The van der Waals surface area contributed by atoms with Crippen LogP contribution in [-0.4, -0.2) is 15.0 Å². The van der Waals surface area contributed by atoms with Crippen LogP contribution in [0.25, 0.3) is 99.0 Å². The van der Waals surface area contributed by atoms with Crippen molar-refractivity contribution in [3.8, 4) is 56.4 Å². The molecule has 264 valence electrons. The molecule has 0 spiro atoms. The van der Waals surface area contributed by atoms with E-state index >= 15 is 0 Å². The second kappa shape index (κ2) is 11.8. The summed E-state index contributed by atoms with van der Waals surface area (Å²) in [5.74, 6) is 2.04. The maximum Gasteiger partial charge on any atom is 0.164 e. The first-order chi connectivity index (χ1) is 27.5. The Morgan fingerprint density at radius 1 is 0.518 bits per heavy atom. The zero-order valence-electron chi connectivity index (χ0n) is 31.1. The zero-order valence-corrected chi connectivity index (χ0v) is 31.9. The minimum absolute atomic E-state index is 0.128. The van der Waals surface area contributed by atoms with Crippen molar-refractivity contribution in [2.24, 2.45) is 0 Å². The van der Waals surface area contributed by atoms with E-state index in [-0.39, 0.29) is 5.41 Å². The molecule has 4 heteroatoms. The smallest absolute Gasteiger partial charge is 0.164 e. The topological polar surface area (TPSA) is 38.7 Å². The third-order valence-corrected chi connectivity index (χ3v) is 13.5. The number of allylic oxidation sites excluding steroid dienone is 3. The fourth-order valence-electron chi connectivity index (χ4n) is 9.64. The van der Waals surface area contributed by atoms with Crippen molar-refractivity contribution in [2.45, 2.75) is 32.1 Å². The van der Waals surface area contributed by atoms with Gasteiger partial charge in [-0.25, -0.2) is 15.0 Å². The summed E-state index contributed by atoms with van der Waals surface area (Å²) in [6.45, 7) is 4.63. The normalized spacial score (nSPS) is 14.6. The van der Waals surface area contributed by atoms with Crippen LogP contribution in [0.1, 0.15) is 48.1 Å². The number of thiophene rings is 1. The van der Waals surface area contributed by atoms with Crippen LogP contribution in [-0.2, 0) is 11.8 Å². The van der Waals surface area contributed by atoms with Gasteiger partial charge in [0.1, 0.15) is 0 Å². The SMILES string of the molecule is CC1(C)c2ccccc2-c2ccc(-c3nc(-c4ccccc4)nc(-c4cccc5sc6ccc(-c7ccc8c9c%10c(ccc79)C=CCC%10=CC8)cc6c45)n3)cc21. The highest BCUT2D eigenvalue weighted by Crippen LogP contribution is 2.50. The number of fused-ring (bicyclic) bond motifs is 6. The molecule has 3 nitrogen and oxygen atoms in total. The largest absolute Gasteiger partial charge is 0.208 e. The van der Waals surface area contributed by atoms with Gasteiger partial charge in [0, 0.05) is 42.3 Å². The van der Waals surface area contributed by atoms with Gasteiger partial charge >= 0.3 is 0 Å². The highest BCUT2D eigenvalue weighted by molar-refractivity contribution is 7.26. The van der Waals surface area contributed by atoms with E-state index in [4.69, 9.17) is 15.0 Å². The summed E-state index contributed by atoms with van der Waals surface area (Å²) in [5, 5.41) is 5.16. The number of nitrogens with zero attached hydrogens (tertiary/aromatic N) is 3. The van der Waals surface area contributed by atoms with Gasteiger partial charge in [-0.1, -0.05) is 141 Å². The van der Waals surface area contributed by atoms with Gasteiger partial charge in [-0.2, -0.15) is 0 Å². The summed E-state index contributed by atoms with van der Waals surface area (Å²) in [5.41, 5.74) is 16.2. The predicted molar refractivity (Wildman–Crippen MR) is 235 cm³/mol. The number of rotatable bonds is 4. The summed E-state index contributed by atoms with van der Waals surface area (Å²) in [6.07, 6.45) is 9.01. The van der Waals surface area contributed by atoms with Crippen LogP contribution in [0.15, 0.2) is 146 Å². The van der Waals surface area contributed by atoms with Crippen LogP contribution < -0.4 is 0 Å². The van der Waals surface area contributed by atoms with E-state index in [1.807, 2.05) is 29.5 Å². The minimum atomic E-state index is -0.128. The second-order valence-corrected chi connectivity index (χ2v) is 16.9. The summed E-state index contributed by atoms with van der Waals surface area (Å²) in [6, 6.07) is 48.7. The van der Waals surface area contributed by atoms with Crippen LogP contribution in [0.3, 0.4) is 0 Å². The molecule has 0 saturated carbocycles. The van der Waals surface area contributed by atoms with Crippen LogP contribution >= 0.6 is 11.3 Å². The Morgan fingerprint density at radius 3 is 2.20 bits per heavy atom. The number of benzene rings is 7. The van der Waals surface area contributed by atoms with Crippen LogP contribution in [0, 0.1) is 0 Å². The molecule has 0 amide bonds. The molecule has 0 N–H and O–H groups in total. The van der Waals surface area contributed by atoms with Crippen molar-refractivity contribution in [3.05, 3.63) is 173 Å². The average molecular weight is 734 g/mol. The van der Waals surface area contributed by atoms with E-state index < -0.39 is 0 Å². The summed E-state index contributed by atoms with van der Waals surface area (Å²) >= 11 is 1.83. The molecule has 0 fully saturated rings. The Balaban J connectivity index is 1.05. The molecule has 3 aliphatic carbocycles. The monoisotopic (exact) mass is 733 g/mol. The molecule has 2 aromatic heterocycles. The molecule has 7 aromatic carbocycles. The molecule has 0 bridgehead atoms. The maximum atomic E-state index is 5.32. The van der Waals surface area contributed by atoms with E-state index in [9.17, 15) is 0 Å². The quantitative estimate of drug-likeness (QED) is 0.181. The van der Waals surface area contributed by atoms with Gasteiger partial charge in [0.2, 0.25) is 0 Å². The molecule has 0 saturated heterocycles. The first-order valence-electron chi connectivity index (χ1n) is 19.5. The molecule has 0 unspecified atom stereocenters. The highest BCUT2D eigenvalue weighted by atomic mass is 32.1. The van der Waals surface area contributed by atoms with Gasteiger partial charge < -0.3 is 0 Å². The lowest BCUT2D eigenvalue weighted by Gasteiger charge is -2.24. The fourth-order valence-corrected chi connectivity index (χ4v) is 10.8. The molecule has 56 heavy (non-hydrogen) atoms. The molecule has 9 aromatic rings. The lowest BCUT2D eigenvalue weighted by atomic mass is 9.80. The first kappa shape index (κ1) is 31.8. The van der Waals surface area contributed by atoms with Crippen LogP contribution in [0.2, 0.25) is 0 Å². The molecular weight excluding hydrogens is 699 g/mol. The maximum absolute atomic E-state index is 5.32. The van der Waals surface area contributed by atoms with E-state index in [2.05, 4.69) is 147 Å². The molecule has 12 rings (SSSR count). The Bertz CT molecular complexity index is 3220. The van der Waals surface area contributed by atoms with E-state index in [1.54, 1.807) is 0 Å². The number of aromatic nitrogens is 3. The third kappa shape index (κ3) is 4.60. The van der Waals surface area contributed by atoms with Crippen molar-refractivity contribution in [2.75, 3.05) is 0 Å². The molecular formula is C52H35N3S. The average Bonchev–Trinajstić information content (AvgIpc) is 3.74. The third-order valence-electron chi connectivity index (χ3n) is 12.4. The zero-order chi connectivity index (χ0) is 37.1. The number of hydrogen-bond donors (Lipinski definition) is 0. The number of hydrogen-bond acceptors (Lipinski definition) is 4. The van der Waals surface area contributed by atoms with E-state index in [1.165, 1.54) is 86.6 Å². The van der Waals surface area contributed by atoms with Gasteiger partial charge in [-0.05, 0) is 104 Å². The van der Waals surface area contributed by atoms with Crippen molar-refractivity contribution in [1.82, 2.24) is 15.0 Å². The summed E-state index contributed by atoms with van der Waals surface area (Å²) < 4.78 is 2.48. The minimum Gasteiger partial charge on any atom is -0.208 e. The lowest BCUT2D eigenvalue weighted by molar-refractivity contribution is 0.660. The highest BCUT2D eigenvalue weighted by Gasteiger charge is 2.35. The van der Waals surface area contributed by atoms with Crippen LogP contribution in [0.4, 0.5) is 0 Å². The molecule has 0 atom stereocenters. The molecule has 2 heterocycles. The summed E-state index contributed by atoms with van der Waals surface area (Å²) in [4.78, 5) is 15.7. The van der Waals surface area contributed by atoms with Gasteiger partial charge in [-0.15, -0.1) is 11.3 Å². The standard InChI is InChI=1S/C52H35N3S/c1-52(2)42-16-7-6-14-37(42)38-25-22-35(29-43(38)52)50-53-49(33-10-4-3-5-11-33)54-51(55-50)40-15-9-17-45-48(40)41-28-34(23-27-44(41)56-45)36-24-20-32-19-18-30-12-8-13-31-21-26-39(36)47(32)46(30)31/h3-11,13-18,20-29H,12,19H2,1-2H3. The lowest BCUT2D eigenvalue weighted by Crippen LogP contribution is -2.15. The molecule has 0 radical (unpaired) electrons. The first-order valence-corrected chi connectivity index (χ1v) is 20.3. The Kier molecular flexibility index (Phi) is 6.68. The Labute approximate surface area is 329 Å². The second-order valence-electron chi connectivity index (χ2n) is 15.9. The van der Waals surface area contributed by atoms with E-state index in [0.717, 1.165) is 29.5 Å². The van der Waals surface area contributed by atoms with Gasteiger partial charge in [-0.3, -0.25) is 0 Å². The van der Waals surface area contributed by atoms with Crippen molar-refractivity contribution in [3.63, 3.8) is 0 Å². The summed E-state index contributed by atoms with van der Waals surface area (Å²) in [7, 11) is 0. The molecule has 0 aliphatic heterocycles. The van der Waals surface area contributed by atoms with E-state index in [0.29, 0.717) is 17.5 Å². The Hall–Kier alpha value is -6.49.